The van der Waals surface area contributed by atoms with Gasteiger partial charge in [0.2, 0.25) is 0 Å². The van der Waals surface area contributed by atoms with Crippen molar-refractivity contribution in [3.63, 3.8) is 0 Å². The number of nitrogens with one attached hydrogen (secondary N) is 1. The fraction of sp³-hybridized carbons (Fsp3) is 0.174. The molecule has 138 valence electrons. The molecule has 0 spiro atoms. The molecule has 3 aromatic carbocycles. The number of hydrogen-bond acceptors (Lipinski definition) is 3. The van der Waals surface area contributed by atoms with Gasteiger partial charge >= 0.3 is 0 Å². The molecule has 0 saturated carbocycles. The van der Waals surface area contributed by atoms with Crippen molar-refractivity contribution < 1.29 is 14.3 Å². The Labute approximate surface area is 159 Å². The second-order valence-electron chi connectivity index (χ2n) is 6.10. The molecule has 0 saturated heterocycles. The lowest BCUT2D eigenvalue weighted by atomic mass is 10.1. The van der Waals surface area contributed by atoms with Gasteiger partial charge in [-0.1, -0.05) is 49.4 Å². The highest BCUT2D eigenvalue weighted by Crippen LogP contribution is 2.24. The van der Waals surface area contributed by atoms with Crippen LogP contribution in [-0.4, -0.2) is 12.5 Å². The van der Waals surface area contributed by atoms with Crippen molar-refractivity contribution >= 4 is 11.6 Å². The molecular weight excluding hydrogens is 338 g/mol. The van der Waals surface area contributed by atoms with Crippen LogP contribution in [-0.2, 0) is 6.61 Å². The van der Waals surface area contributed by atoms with Crippen LogP contribution in [0.1, 0.15) is 29.3 Å². The van der Waals surface area contributed by atoms with E-state index >= 15 is 0 Å². The minimum absolute atomic E-state index is 0.168. The van der Waals surface area contributed by atoms with E-state index in [9.17, 15) is 4.79 Å². The Morgan fingerprint density at radius 2 is 1.56 bits per heavy atom. The van der Waals surface area contributed by atoms with Gasteiger partial charge in [0, 0.05) is 5.56 Å². The minimum atomic E-state index is -0.168. The minimum Gasteiger partial charge on any atom is -0.491 e. The van der Waals surface area contributed by atoms with Gasteiger partial charge in [-0.05, 0) is 48.4 Å². The highest BCUT2D eigenvalue weighted by Gasteiger charge is 2.10. The maximum absolute atomic E-state index is 12.5. The van der Waals surface area contributed by atoms with Gasteiger partial charge < -0.3 is 14.8 Å². The van der Waals surface area contributed by atoms with Crippen LogP contribution in [0.4, 0.5) is 5.69 Å². The fourth-order valence-electron chi connectivity index (χ4n) is 2.54. The number of para-hydroxylation sites is 3. The molecule has 3 aromatic rings. The van der Waals surface area contributed by atoms with Crippen LogP contribution in [0, 0.1) is 0 Å². The largest absolute Gasteiger partial charge is 0.491 e. The summed E-state index contributed by atoms with van der Waals surface area (Å²) in [4.78, 5) is 12.5. The van der Waals surface area contributed by atoms with Crippen molar-refractivity contribution in [3.8, 4) is 11.5 Å². The number of hydrogen-bond donors (Lipinski definition) is 1. The zero-order chi connectivity index (χ0) is 18.9. The summed E-state index contributed by atoms with van der Waals surface area (Å²) in [5.41, 5.74) is 2.26. The summed E-state index contributed by atoms with van der Waals surface area (Å²) in [5, 5.41) is 2.92. The highest BCUT2D eigenvalue weighted by atomic mass is 16.5. The maximum Gasteiger partial charge on any atom is 0.255 e. The first kappa shape index (κ1) is 18.5. The Hall–Kier alpha value is -3.27. The second kappa shape index (κ2) is 9.43. The van der Waals surface area contributed by atoms with Crippen molar-refractivity contribution in [2.24, 2.45) is 0 Å². The van der Waals surface area contributed by atoms with E-state index in [0.29, 0.717) is 30.2 Å². The van der Waals surface area contributed by atoms with Crippen molar-refractivity contribution in [2.75, 3.05) is 11.9 Å². The Balaban J connectivity index is 1.61. The first-order valence-electron chi connectivity index (χ1n) is 9.06. The number of rotatable bonds is 8. The molecule has 1 N–H and O–H groups in total. The summed E-state index contributed by atoms with van der Waals surface area (Å²) >= 11 is 0. The van der Waals surface area contributed by atoms with Gasteiger partial charge in [0.25, 0.3) is 5.91 Å². The maximum atomic E-state index is 12.5. The molecular formula is C23H23NO3. The van der Waals surface area contributed by atoms with Crippen LogP contribution in [0.15, 0.2) is 78.9 Å². The molecule has 3 rings (SSSR count). The number of ether oxygens (including phenoxy) is 2. The molecule has 0 aliphatic carbocycles. The smallest absolute Gasteiger partial charge is 0.255 e. The van der Waals surface area contributed by atoms with Crippen molar-refractivity contribution in [1.29, 1.82) is 0 Å². The summed E-state index contributed by atoms with van der Waals surface area (Å²) in [7, 11) is 0. The summed E-state index contributed by atoms with van der Waals surface area (Å²) in [6, 6.07) is 24.5. The van der Waals surface area contributed by atoms with E-state index < -0.39 is 0 Å². The predicted molar refractivity (Wildman–Crippen MR) is 107 cm³/mol. The van der Waals surface area contributed by atoms with Crippen LogP contribution in [0.3, 0.4) is 0 Å². The fourth-order valence-corrected chi connectivity index (χ4v) is 2.54. The summed E-state index contributed by atoms with van der Waals surface area (Å²) < 4.78 is 11.4. The molecule has 0 heterocycles. The van der Waals surface area contributed by atoms with Gasteiger partial charge in [-0.15, -0.1) is 0 Å². The monoisotopic (exact) mass is 361 g/mol. The zero-order valence-corrected chi connectivity index (χ0v) is 15.4. The zero-order valence-electron chi connectivity index (χ0n) is 15.4. The lowest BCUT2D eigenvalue weighted by molar-refractivity contribution is 0.102. The van der Waals surface area contributed by atoms with E-state index in [-0.39, 0.29) is 5.91 Å². The van der Waals surface area contributed by atoms with Gasteiger partial charge in [0.1, 0.15) is 18.1 Å². The molecule has 0 aromatic heterocycles. The van der Waals surface area contributed by atoms with E-state index in [1.165, 1.54) is 0 Å². The van der Waals surface area contributed by atoms with Crippen molar-refractivity contribution in [3.05, 3.63) is 90.0 Å². The number of carbonyl (C=O) groups excluding carboxylic acids is 1. The third kappa shape index (κ3) is 5.35. The molecule has 0 aliphatic rings. The highest BCUT2D eigenvalue weighted by molar-refractivity contribution is 6.05. The summed E-state index contributed by atoms with van der Waals surface area (Å²) in [5.74, 6) is 1.33. The van der Waals surface area contributed by atoms with Gasteiger partial charge in [-0.3, -0.25) is 4.79 Å². The number of anilines is 1. The molecule has 0 unspecified atom stereocenters. The Kier molecular flexibility index (Phi) is 6.47. The quantitative estimate of drug-likeness (QED) is 0.592. The lowest BCUT2D eigenvalue weighted by Gasteiger charge is -2.12. The van der Waals surface area contributed by atoms with Crippen molar-refractivity contribution in [1.82, 2.24) is 0 Å². The number of carbonyl (C=O) groups is 1. The average molecular weight is 361 g/mol. The van der Waals surface area contributed by atoms with Crippen LogP contribution in [0.5, 0.6) is 11.5 Å². The molecule has 0 fully saturated rings. The predicted octanol–water partition coefficient (Wildman–Crippen LogP) is 5.31. The average Bonchev–Trinajstić information content (AvgIpc) is 2.73. The van der Waals surface area contributed by atoms with E-state index in [0.717, 1.165) is 17.7 Å². The van der Waals surface area contributed by atoms with Gasteiger partial charge in [-0.2, -0.15) is 0 Å². The van der Waals surface area contributed by atoms with Crippen LogP contribution in [0.2, 0.25) is 0 Å². The van der Waals surface area contributed by atoms with Gasteiger partial charge in [0.05, 0.1) is 12.3 Å². The first-order valence-corrected chi connectivity index (χ1v) is 9.06. The number of benzene rings is 3. The van der Waals surface area contributed by atoms with Crippen molar-refractivity contribution in [2.45, 2.75) is 20.0 Å². The Morgan fingerprint density at radius 1 is 0.852 bits per heavy atom. The second-order valence-corrected chi connectivity index (χ2v) is 6.10. The topological polar surface area (TPSA) is 47.6 Å². The van der Waals surface area contributed by atoms with Crippen LogP contribution >= 0.6 is 0 Å². The molecule has 27 heavy (non-hydrogen) atoms. The summed E-state index contributed by atoms with van der Waals surface area (Å²) in [6.07, 6.45) is 0.912. The third-order valence-corrected chi connectivity index (χ3v) is 3.96. The van der Waals surface area contributed by atoms with E-state index in [2.05, 4.69) is 5.32 Å². The van der Waals surface area contributed by atoms with Crippen LogP contribution < -0.4 is 14.8 Å². The van der Waals surface area contributed by atoms with E-state index in [1.54, 1.807) is 12.1 Å². The third-order valence-electron chi connectivity index (χ3n) is 3.96. The Bertz CT molecular complexity index is 860. The normalized spacial score (nSPS) is 10.3. The molecule has 1 amide bonds. The molecule has 0 bridgehead atoms. The van der Waals surface area contributed by atoms with Crippen LogP contribution in [0.25, 0.3) is 0 Å². The molecule has 4 nitrogen and oxygen atoms in total. The molecule has 4 heteroatoms. The Morgan fingerprint density at radius 3 is 2.30 bits per heavy atom. The van der Waals surface area contributed by atoms with E-state index in [4.69, 9.17) is 9.47 Å². The lowest BCUT2D eigenvalue weighted by Crippen LogP contribution is -2.13. The molecule has 0 atom stereocenters. The number of amides is 1. The molecule has 0 aliphatic heterocycles. The summed E-state index contributed by atoms with van der Waals surface area (Å²) in [6.45, 7) is 3.12. The van der Waals surface area contributed by atoms with Gasteiger partial charge in [-0.25, -0.2) is 0 Å². The standard InChI is InChI=1S/C23H23NO3/c1-2-16-26-22-11-7-6-10-21(22)24-23(25)19-14-12-18(13-15-19)17-27-20-8-4-3-5-9-20/h3-15H,2,16-17H2,1H3,(H,24,25). The molecule has 0 radical (unpaired) electrons. The van der Waals surface area contributed by atoms with Gasteiger partial charge in [0.15, 0.2) is 0 Å². The van der Waals surface area contributed by atoms with E-state index in [1.807, 2.05) is 73.7 Å². The first-order chi connectivity index (χ1) is 13.3. The SMILES string of the molecule is CCCOc1ccccc1NC(=O)c1ccc(COc2ccccc2)cc1.